The van der Waals surface area contributed by atoms with Crippen molar-refractivity contribution in [3.63, 3.8) is 0 Å². The number of anilines is 9. The molecule has 0 saturated carbocycles. The third-order valence-electron chi connectivity index (χ3n) is 11.9. The lowest BCUT2D eigenvalue weighted by molar-refractivity contribution is 1.18. The Labute approximate surface area is 374 Å². The molecule has 11 aromatic rings. The van der Waals surface area contributed by atoms with E-state index in [2.05, 4.69) is 286 Å². The molecule has 0 N–H and O–H groups in total. The molecule has 0 spiro atoms. The van der Waals surface area contributed by atoms with E-state index in [0.29, 0.717) is 0 Å². The Morgan fingerprint density at radius 1 is 0.219 bits per heavy atom. The van der Waals surface area contributed by atoms with Gasteiger partial charge in [0.25, 0.3) is 0 Å². The maximum atomic E-state index is 2.39. The summed E-state index contributed by atoms with van der Waals surface area (Å²) < 4.78 is 2.37. The van der Waals surface area contributed by atoms with Gasteiger partial charge in [-0.2, -0.15) is 0 Å². The lowest BCUT2D eigenvalue weighted by Crippen LogP contribution is -2.14. The standard InChI is InChI=1S/C60H44N4/c1-6-22-47(23-7-1)61(48-24-8-2-9-25-48)53-33-19-35-55(43-53)63(56-36-20-34-54(44-56)62(49-26-10-3-11-27-49)50-28-12-4-13-29-50)52-32-18-21-45(41-52)46-39-40-60-58(42-46)57-37-16-17-38-59(57)64(60)51-30-14-5-15-31-51/h1-44H. The van der Waals surface area contributed by atoms with E-state index in [9.17, 15) is 0 Å². The minimum absolute atomic E-state index is 1.04. The van der Waals surface area contributed by atoms with Gasteiger partial charge in [0.1, 0.15) is 0 Å². The van der Waals surface area contributed by atoms with Crippen molar-refractivity contribution in [2.24, 2.45) is 0 Å². The van der Waals surface area contributed by atoms with Crippen molar-refractivity contribution in [3.05, 3.63) is 267 Å². The van der Waals surface area contributed by atoms with E-state index in [0.717, 1.165) is 68.0 Å². The third-order valence-corrected chi connectivity index (χ3v) is 11.9. The van der Waals surface area contributed by atoms with Crippen molar-refractivity contribution in [1.29, 1.82) is 0 Å². The van der Waals surface area contributed by atoms with Crippen molar-refractivity contribution in [2.45, 2.75) is 0 Å². The van der Waals surface area contributed by atoms with Crippen LogP contribution in [0.5, 0.6) is 0 Å². The highest BCUT2D eigenvalue weighted by Gasteiger charge is 2.21. The van der Waals surface area contributed by atoms with Crippen molar-refractivity contribution in [1.82, 2.24) is 4.57 Å². The number of hydrogen-bond acceptors (Lipinski definition) is 3. The van der Waals surface area contributed by atoms with Gasteiger partial charge in [-0.3, -0.25) is 0 Å². The number of benzene rings is 10. The molecule has 4 nitrogen and oxygen atoms in total. The van der Waals surface area contributed by atoms with Gasteiger partial charge in [-0.1, -0.05) is 140 Å². The molecule has 10 aromatic carbocycles. The molecule has 4 heteroatoms. The van der Waals surface area contributed by atoms with Crippen LogP contribution in [0.1, 0.15) is 0 Å². The van der Waals surface area contributed by atoms with Crippen LogP contribution in [0.15, 0.2) is 267 Å². The molecule has 0 aliphatic rings. The third kappa shape index (κ3) is 7.33. The smallest absolute Gasteiger partial charge is 0.0541 e. The summed E-state index contributed by atoms with van der Waals surface area (Å²) >= 11 is 0. The second-order valence-electron chi connectivity index (χ2n) is 15.9. The molecule has 0 aliphatic heterocycles. The molecule has 0 fully saturated rings. The van der Waals surface area contributed by atoms with Gasteiger partial charge in [0.15, 0.2) is 0 Å². The predicted octanol–water partition coefficient (Wildman–Crippen LogP) is 16.9. The number of hydrogen-bond donors (Lipinski definition) is 0. The Balaban J connectivity index is 1.08. The summed E-state index contributed by atoms with van der Waals surface area (Å²) in [6.07, 6.45) is 0. The highest BCUT2D eigenvalue weighted by Crippen LogP contribution is 2.44. The highest BCUT2D eigenvalue weighted by atomic mass is 15.2. The van der Waals surface area contributed by atoms with Crippen LogP contribution in [0.25, 0.3) is 38.6 Å². The molecule has 1 heterocycles. The molecule has 11 rings (SSSR count). The zero-order chi connectivity index (χ0) is 42.7. The summed E-state index contributed by atoms with van der Waals surface area (Å²) in [5, 5.41) is 2.46. The summed E-state index contributed by atoms with van der Waals surface area (Å²) in [6.45, 7) is 0. The van der Waals surface area contributed by atoms with E-state index in [4.69, 9.17) is 0 Å². The van der Waals surface area contributed by atoms with Gasteiger partial charge < -0.3 is 19.3 Å². The average Bonchev–Trinajstić information content (AvgIpc) is 3.70. The largest absolute Gasteiger partial charge is 0.310 e. The highest BCUT2D eigenvalue weighted by molar-refractivity contribution is 6.10. The first kappa shape index (κ1) is 38.3. The van der Waals surface area contributed by atoms with Gasteiger partial charge in [0.2, 0.25) is 0 Å². The van der Waals surface area contributed by atoms with E-state index in [1.54, 1.807) is 0 Å². The Morgan fingerprint density at radius 3 is 1.05 bits per heavy atom. The van der Waals surface area contributed by atoms with E-state index in [1.807, 2.05) is 0 Å². The SMILES string of the molecule is c1ccc(N(c2ccccc2)c2cccc(N(c3cccc(-c4ccc5c(c4)c4ccccc4n5-c4ccccc4)c3)c3cccc(N(c4ccccc4)c4ccccc4)c3)c2)cc1. The second-order valence-corrected chi connectivity index (χ2v) is 15.9. The van der Waals surface area contributed by atoms with Crippen LogP contribution in [0, 0.1) is 0 Å². The Kier molecular flexibility index (Phi) is 10.2. The van der Waals surface area contributed by atoms with Gasteiger partial charge in [-0.05, 0) is 139 Å². The Bertz CT molecular complexity index is 3120. The zero-order valence-electron chi connectivity index (χ0n) is 35.2. The molecule has 1 aromatic heterocycles. The molecule has 0 atom stereocenters. The minimum atomic E-state index is 1.04. The lowest BCUT2D eigenvalue weighted by Gasteiger charge is -2.31. The second kappa shape index (κ2) is 17.0. The number of aromatic nitrogens is 1. The fourth-order valence-corrected chi connectivity index (χ4v) is 9.02. The maximum absolute atomic E-state index is 2.39. The molecule has 0 saturated heterocycles. The summed E-state index contributed by atoms with van der Waals surface area (Å²) in [5.74, 6) is 0. The van der Waals surface area contributed by atoms with Crippen LogP contribution in [-0.4, -0.2) is 4.57 Å². The first-order chi connectivity index (χ1) is 31.8. The summed E-state index contributed by atoms with van der Waals surface area (Å²) in [6, 6.07) is 95.4. The molecule has 0 aliphatic carbocycles. The molecule has 0 unspecified atom stereocenters. The van der Waals surface area contributed by atoms with Crippen LogP contribution in [0.3, 0.4) is 0 Å². The lowest BCUT2D eigenvalue weighted by atomic mass is 10.0. The average molecular weight is 821 g/mol. The van der Waals surface area contributed by atoms with Crippen molar-refractivity contribution in [2.75, 3.05) is 14.7 Å². The van der Waals surface area contributed by atoms with Crippen molar-refractivity contribution in [3.8, 4) is 16.8 Å². The monoisotopic (exact) mass is 820 g/mol. The maximum Gasteiger partial charge on any atom is 0.0541 e. The molecular weight excluding hydrogens is 777 g/mol. The topological polar surface area (TPSA) is 14.7 Å². The fraction of sp³-hybridized carbons (Fsp3) is 0. The number of para-hydroxylation sites is 6. The first-order valence-corrected chi connectivity index (χ1v) is 21.8. The van der Waals surface area contributed by atoms with Crippen molar-refractivity contribution >= 4 is 73.0 Å². The predicted molar refractivity (Wildman–Crippen MR) is 270 cm³/mol. The van der Waals surface area contributed by atoms with E-state index in [1.165, 1.54) is 21.8 Å². The van der Waals surface area contributed by atoms with Crippen LogP contribution in [0.2, 0.25) is 0 Å². The quantitative estimate of drug-likeness (QED) is 0.129. The minimum Gasteiger partial charge on any atom is -0.310 e. The van der Waals surface area contributed by atoms with Crippen LogP contribution >= 0.6 is 0 Å². The number of nitrogens with zero attached hydrogens (tertiary/aromatic N) is 4. The van der Waals surface area contributed by atoms with Gasteiger partial charge in [-0.15, -0.1) is 0 Å². The molecule has 0 bridgehead atoms. The van der Waals surface area contributed by atoms with Crippen LogP contribution in [0.4, 0.5) is 51.2 Å². The zero-order valence-corrected chi connectivity index (χ0v) is 35.2. The summed E-state index contributed by atoms with van der Waals surface area (Å²) in [4.78, 5) is 7.03. The fourth-order valence-electron chi connectivity index (χ4n) is 9.02. The Hall–Kier alpha value is -8.60. The van der Waals surface area contributed by atoms with Crippen LogP contribution < -0.4 is 14.7 Å². The summed E-state index contributed by atoms with van der Waals surface area (Å²) in [7, 11) is 0. The van der Waals surface area contributed by atoms with E-state index >= 15 is 0 Å². The van der Waals surface area contributed by atoms with E-state index < -0.39 is 0 Å². The molecule has 0 radical (unpaired) electrons. The molecule has 0 amide bonds. The van der Waals surface area contributed by atoms with E-state index in [-0.39, 0.29) is 0 Å². The van der Waals surface area contributed by atoms with Crippen molar-refractivity contribution < 1.29 is 0 Å². The first-order valence-electron chi connectivity index (χ1n) is 21.8. The molecular formula is C60H44N4. The number of rotatable bonds is 11. The number of fused-ring (bicyclic) bond motifs is 3. The summed E-state index contributed by atoms with van der Waals surface area (Å²) in [5.41, 5.74) is 15.4. The normalized spacial score (nSPS) is 11.1. The molecule has 64 heavy (non-hydrogen) atoms. The van der Waals surface area contributed by atoms with Gasteiger partial charge >= 0.3 is 0 Å². The van der Waals surface area contributed by atoms with Crippen LogP contribution in [-0.2, 0) is 0 Å². The van der Waals surface area contributed by atoms with Gasteiger partial charge in [0.05, 0.1) is 11.0 Å². The van der Waals surface area contributed by atoms with Gasteiger partial charge in [0, 0.05) is 67.6 Å². The van der Waals surface area contributed by atoms with Gasteiger partial charge in [-0.25, -0.2) is 0 Å². The molecule has 304 valence electrons. The Morgan fingerprint density at radius 2 is 0.562 bits per heavy atom.